The Labute approximate surface area is 135 Å². The third kappa shape index (κ3) is 7.12. The standard InChI is InChI=1S/C16H23IO3/c1-2-3-5-8-19-15-10-14(13-18)11-16(12-15)20-9-6-4-7-17/h10-13H,2-9H2,1H3. The van der Waals surface area contributed by atoms with Crippen molar-refractivity contribution in [3.63, 3.8) is 0 Å². The van der Waals surface area contributed by atoms with Crippen molar-refractivity contribution in [2.75, 3.05) is 17.6 Å². The van der Waals surface area contributed by atoms with Gasteiger partial charge in [0.05, 0.1) is 13.2 Å². The Morgan fingerprint density at radius 2 is 1.60 bits per heavy atom. The maximum Gasteiger partial charge on any atom is 0.150 e. The van der Waals surface area contributed by atoms with Crippen LogP contribution in [0.5, 0.6) is 11.5 Å². The zero-order chi connectivity index (χ0) is 14.6. The molecule has 0 spiro atoms. The molecular weight excluding hydrogens is 367 g/mol. The predicted molar refractivity (Wildman–Crippen MR) is 90.5 cm³/mol. The highest BCUT2D eigenvalue weighted by Gasteiger charge is 2.03. The normalized spacial score (nSPS) is 10.3. The lowest BCUT2D eigenvalue weighted by atomic mass is 10.2. The van der Waals surface area contributed by atoms with Crippen molar-refractivity contribution >= 4 is 28.9 Å². The van der Waals surface area contributed by atoms with Gasteiger partial charge in [0.25, 0.3) is 0 Å². The Morgan fingerprint density at radius 3 is 2.10 bits per heavy atom. The summed E-state index contributed by atoms with van der Waals surface area (Å²) < 4.78 is 12.5. The van der Waals surface area contributed by atoms with Gasteiger partial charge in [0, 0.05) is 11.6 Å². The average Bonchev–Trinajstić information content (AvgIpc) is 2.48. The predicted octanol–water partition coefficient (Wildman–Crippen LogP) is 4.66. The van der Waals surface area contributed by atoms with Gasteiger partial charge in [0.15, 0.2) is 0 Å². The average molecular weight is 390 g/mol. The monoisotopic (exact) mass is 390 g/mol. The van der Waals surface area contributed by atoms with Crippen molar-refractivity contribution in [2.24, 2.45) is 0 Å². The molecule has 0 aromatic heterocycles. The molecule has 0 atom stereocenters. The zero-order valence-corrected chi connectivity index (χ0v) is 14.2. The van der Waals surface area contributed by atoms with E-state index in [1.807, 2.05) is 6.07 Å². The molecule has 112 valence electrons. The van der Waals surface area contributed by atoms with E-state index >= 15 is 0 Å². The summed E-state index contributed by atoms with van der Waals surface area (Å²) >= 11 is 2.36. The number of benzene rings is 1. The van der Waals surface area contributed by atoms with Crippen LogP contribution in [0.25, 0.3) is 0 Å². The van der Waals surface area contributed by atoms with E-state index in [2.05, 4.69) is 29.5 Å². The number of hydrogen-bond donors (Lipinski definition) is 0. The zero-order valence-electron chi connectivity index (χ0n) is 12.1. The number of ether oxygens (including phenoxy) is 2. The van der Waals surface area contributed by atoms with Crippen molar-refractivity contribution in [1.29, 1.82) is 0 Å². The smallest absolute Gasteiger partial charge is 0.150 e. The fourth-order valence-electron chi connectivity index (χ4n) is 1.76. The number of aldehydes is 1. The highest BCUT2D eigenvalue weighted by atomic mass is 127. The van der Waals surface area contributed by atoms with E-state index in [9.17, 15) is 4.79 Å². The largest absolute Gasteiger partial charge is 0.493 e. The topological polar surface area (TPSA) is 35.5 Å². The molecule has 1 rings (SSSR count). The molecule has 0 saturated heterocycles. The van der Waals surface area contributed by atoms with Crippen LogP contribution >= 0.6 is 22.6 Å². The van der Waals surface area contributed by atoms with Crippen LogP contribution in [0.3, 0.4) is 0 Å². The summed E-state index contributed by atoms with van der Waals surface area (Å²) in [5.74, 6) is 1.43. The first-order chi connectivity index (χ1) is 9.80. The van der Waals surface area contributed by atoms with E-state index in [0.29, 0.717) is 24.5 Å². The third-order valence-electron chi connectivity index (χ3n) is 2.85. The maximum atomic E-state index is 11.0. The van der Waals surface area contributed by atoms with Crippen molar-refractivity contribution < 1.29 is 14.3 Å². The summed E-state index contributed by atoms with van der Waals surface area (Å²) in [4.78, 5) is 11.0. The van der Waals surface area contributed by atoms with Crippen LogP contribution in [0.15, 0.2) is 18.2 Å². The molecule has 20 heavy (non-hydrogen) atoms. The van der Waals surface area contributed by atoms with Crippen molar-refractivity contribution in [2.45, 2.75) is 39.0 Å². The summed E-state index contributed by atoms with van der Waals surface area (Å²) in [7, 11) is 0. The van der Waals surface area contributed by atoms with Gasteiger partial charge in [-0.2, -0.15) is 0 Å². The molecule has 0 aliphatic carbocycles. The van der Waals surface area contributed by atoms with Crippen LogP contribution in [-0.4, -0.2) is 23.9 Å². The molecule has 0 fully saturated rings. The fourth-order valence-corrected chi connectivity index (χ4v) is 2.30. The second kappa shape index (κ2) is 10.9. The summed E-state index contributed by atoms with van der Waals surface area (Å²) in [6, 6.07) is 5.38. The Kier molecular flexibility index (Phi) is 9.45. The third-order valence-corrected chi connectivity index (χ3v) is 3.61. The number of alkyl halides is 1. The summed E-state index contributed by atoms with van der Waals surface area (Å²) in [6.07, 6.45) is 6.37. The molecule has 0 unspecified atom stereocenters. The minimum absolute atomic E-state index is 0.599. The highest BCUT2D eigenvalue weighted by Crippen LogP contribution is 2.23. The molecule has 0 aliphatic heterocycles. The summed E-state index contributed by atoms with van der Waals surface area (Å²) in [5.41, 5.74) is 0.599. The van der Waals surface area contributed by atoms with Gasteiger partial charge >= 0.3 is 0 Å². The lowest BCUT2D eigenvalue weighted by Gasteiger charge is -2.10. The Bertz CT molecular complexity index is 363. The van der Waals surface area contributed by atoms with Gasteiger partial charge < -0.3 is 9.47 Å². The molecule has 0 amide bonds. The van der Waals surface area contributed by atoms with Gasteiger partial charge in [-0.25, -0.2) is 0 Å². The molecule has 0 aliphatic rings. The van der Waals surface area contributed by atoms with E-state index in [-0.39, 0.29) is 0 Å². The first kappa shape index (κ1) is 17.3. The number of carbonyl (C=O) groups is 1. The van der Waals surface area contributed by atoms with E-state index < -0.39 is 0 Å². The van der Waals surface area contributed by atoms with Gasteiger partial charge in [0.2, 0.25) is 0 Å². The van der Waals surface area contributed by atoms with Crippen LogP contribution in [-0.2, 0) is 0 Å². The first-order valence-electron chi connectivity index (χ1n) is 7.22. The van der Waals surface area contributed by atoms with Crippen LogP contribution in [0.2, 0.25) is 0 Å². The number of carbonyl (C=O) groups excluding carboxylic acids is 1. The van der Waals surface area contributed by atoms with Crippen molar-refractivity contribution in [3.05, 3.63) is 23.8 Å². The first-order valence-corrected chi connectivity index (χ1v) is 8.74. The molecule has 0 bridgehead atoms. The molecule has 1 aromatic rings. The second-order valence-electron chi connectivity index (χ2n) is 4.66. The van der Waals surface area contributed by atoms with E-state index in [1.165, 1.54) is 6.42 Å². The van der Waals surface area contributed by atoms with Crippen LogP contribution < -0.4 is 9.47 Å². The lowest BCUT2D eigenvalue weighted by Crippen LogP contribution is -2.01. The van der Waals surface area contributed by atoms with E-state index in [0.717, 1.165) is 42.1 Å². The molecule has 4 heteroatoms. The Morgan fingerprint density at radius 1 is 1.00 bits per heavy atom. The van der Waals surface area contributed by atoms with Gasteiger partial charge in [-0.05, 0) is 35.8 Å². The number of halogens is 1. The van der Waals surface area contributed by atoms with E-state index in [1.54, 1.807) is 12.1 Å². The van der Waals surface area contributed by atoms with E-state index in [4.69, 9.17) is 9.47 Å². The van der Waals surface area contributed by atoms with Crippen LogP contribution in [0, 0.1) is 0 Å². The number of hydrogen-bond acceptors (Lipinski definition) is 3. The number of unbranched alkanes of at least 4 members (excludes halogenated alkanes) is 3. The molecular formula is C16H23IO3. The molecule has 3 nitrogen and oxygen atoms in total. The quantitative estimate of drug-likeness (QED) is 0.239. The lowest BCUT2D eigenvalue weighted by molar-refractivity contribution is 0.112. The minimum atomic E-state index is 0.599. The van der Waals surface area contributed by atoms with Gasteiger partial charge in [-0.1, -0.05) is 42.4 Å². The van der Waals surface area contributed by atoms with Gasteiger partial charge in [0.1, 0.15) is 17.8 Å². The van der Waals surface area contributed by atoms with Crippen molar-refractivity contribution in [3.8, 4) is 11.5 Å². The van der Waals surface area contributed by atoms with Gasteiger partial charge in [-0.3, -0.25) is 4.79 Å². The molecule has 0 N–H and O–H groups in total. The fraction of sp³-hybridized carbons (Fsp3) is 0.562. The molecule has 0 heterocycles. The van der Waals surface area contributed by atoms with Crippen LogP contribution in [0.1, 0.15) is 49.4 Å². The van der Waals surface area contributed by atoms with Crippen LogP contribution in [0.4, 0.5) is 0 Å². The minimum Gasteiger partial charge on any atom is -0.493 e. The molecule has 1 aromatic carbocycles. The summed E-state index contributed by atoms with van der Waals surface area (Å²) in [5, 5.41) is 0. The number of rotatable bonds is 11. The highest BCUT2D eigenvalue weighted by molar-refractivity contribution is 14.1. The Hall–Kier alpha value is -0.780. The SMILES string of the molecule is CCCCCOc1cc(C=O)cc(OCCCCI)c1. The Balaban J connectivity index is 2.53. The molecule has 0 radical (unpaired) electrons. The summed E-state index contributed by atoms with van der Waals surface area (Å²) in [6.45, 7) is 3.53. The van der Waals surface area contributed by atoms with Gasteiger partial charge in [-0.15, -0.1) is 0 Å². The van der Waals surface area contributed by atoms with Crippen molar-refractivity contribution in [1.82, 2.24) is 0 Å². The molecule has 0 saturated carbocycles. The maximum absolute atomic E-state index is 11.0. The second-order valence-corrected chi connectivity index (χ2v) is 5.73.